The normalized spacial score (nSPS) is 9.62. The predicted molar refractivity (Wildman–Crippen MR) is 37.1 cm³/mol. The van der Waals surface area contributed by atoms with E-state index in [1.165, 1.54) is 5.56 Å². The molecule has 1 aromatic heterocycles. The highest BCUT2D eigenvalue weighted by molar-refractivity contribution is 7.07. The maximum atomic E-state index is 5.32. The predicted octanol–water partition coefficient (Wildman–Crippen LogP) is 1.25. The largest absolute Gasteiger partial charge is 0.330 e. The lowest BCUT2D eigenvalue weighted by Crippen LogP contribution is -2.00. The zero-order valence-corrected chi connectivity index (χ0v) is 5.45. The van der Waals surface area contributed by atoms with Crippen LogP contribution in [0.2, 0.25) is 0 Å². The van der Waals surface area contributed by atoms with Crippen LogP contribution in [0, 0.1) is 0 Å². The quantitative estimate of drug-likeness (QED) is 0.635. The molecule has 0 atom stereocenters. The smallest absolute Gasteiger partial charge is 0.00364 e. The van der Waals surface area contributed by atoms with E-state index in [0.717, 1.165) is 13.0 Å². The van der Waals surface area contributed by atoms with E-state index in [0.29, 0.717) is 0 Å². The topological polar surface area (TPSA) is 26.0 Å². The Morgan fingerprint density at radius 3 is 3.00 bits per heavy atom. The molecule has 1 heterocycles. The molecule has 1 rings (SSSR count). The van der Waals surface area contributed by atoms with Crippen molar-refractivity contribution in [2.24, 2.45) is 5.73 Å². The molecule has 1 aromatic rings. The van der Waals surface area contributed by atoms with Gasteiger partial charge in [-0.05, 0) is 35.4 Å². The summed E-state index contributed by atoms with van der Waals surface area (Å²) in [6.45, 7) is 0.761. The third-order valence-electron chi connectivity index (χ3n) is 1.01. The molecule has 0 spiro atoms. The summed E-state index contributed by atoms with van der Waals surface area (Å²) in [5, 5.41) is 4.21. The SMILES string of the molecule is NCCc1ccsc1. The number of rotatable bonds is 2. The van der Waals surface area contributed by atoms with E-state index in [-0.39, 0.29) is 0 Å². The molecule has 1 nitrogen and oxygen atoms in total. The summed E-state index contributed by atoms with van der Waals surface area (Å²) in [5.74, 6) is 0. The zero-order chi connectivity index (χ0) is 5.82. The van der Waals surface area contributed by atoms with Crippen molar-refractivity contribution in [3.05, 3.63) is 22.4 Å². The van der Waals surface area contributed by atoms with Gasteiger partial charge in [0, 0.05) is 0 Å². The van der Waals surface area contributed by atoms with Crippen molar-refractivity contribution in [2.45, 2.75) is 6.42 Å². The Kier molecular flexibility index (Phi) is 2.06. The summed E-state index contributed by atoms with van der Waals surface area (Å²) in [6, 6.07) is 2.11. The van der Waals surface area contributed by atoms with Gasteiger partial charge in [0.2, 0.25) is 0 Å². The summed E-state index contributed by atoms with van der Waals surface area (Å²) < 4.78 is 0. The van der Waals surface area contributed by atoms with Crippen LogP contribution in [-0.2, 0) is 6.42 Å². The van der Waals surface area contributed by atoms with Crippen LogP contribution in [0.1, 0.15) is 5.56 Å². The van der Waals surface area contributed by atoms with E-state index in [1.807, 2.05) is 0 Å². The molecule has 0 saturated heterocycles. The van der Waals surface area contributed by atoms with Gasteiger partial charge in [0.05, 0.1) is 0 Å². The van der Waals surface area contributed by atoms with Gasteiger partial charge in [0.25, 0.3) is 0 Å². The van der Waals surface area contributed by atoms with Crippen LogP contribution in [0.5, 0.6) is 0 Å². The average Bonchev–Trinajstić information content (AvgIpc) is 2.19. The minimum Gasteiger partial charge on any atom is -0.330 e. The molecule has 0 amide bonds. The maximum Gasteiger partial charge on any atom is -0.00364 e. The van der Waals surface area contributed by atoms with Crippen molar-refractivity contribution in [1.82, 2.24) is 0 Å². The third-order valence-corrected chi connectivity index (χ3v) is 1.75. The van der Waals surface area contributed by atoms with Gasteiger partial charge in [-0.25, -0.2) is 0 Å². The Hall–Kier alpha value is -0.340. The average molecular weight is 127 g/mol. The molecule has 8 heavy (non-hydrogen) atoms. The molecule has 0 unspecified atom stereocenters. The molecule has 0 bridgehead atoms. The third kappa shape index (κ3) is 1.32. The Labute approximate surface area is 53.1 Å². The van der Waals surface area contributed by atoms with Crippen LogP contribution in [0.4, 0.5) is 0 Å². The maximum absolute atomic E-state index is 5.32. The fourth-order valence-electron chi connectivity index (χ4n) is 0.602. The zero-order valence-electron chi connectivity index (χ0n) is 4.63. The van der Waals surface area contributed by atoms with Crippen LogP contribution in [-0.4, -0.2) is 6.54 Å². The molecule has 0 aliphatic rings. The van der Waals surface area contributed by atoms with Crippen molar-refractivity contribution in [1.29, 1.82) is 0 Å². The molecule has 0 aliphatic carbocycles. The molecule has 0 aliphatic heterocycles. The summed E-state index contributed by atoms with van der Waals surface area (Å²) in [6.07, 6.45) is 1.02. The lowest BCUT2D eigenvalue weighted by molar-refractivity contribution is 0.974. The van der Waals surface area contributed by atoms with E-state index in [4.69, 9.17) is 5.73 Å². The van der Waals surface area contributed by atoms with Gasteiger partial charge >= 0.3 is 0 Å². The standard InChI is InChI=1S/C6H9NS/c7-3-1-6-2-4-8-5-6/h2,4-5H,1,3,7H2. The lowest BCUT2D eigenvalue weighted by atomic mass is 10.2. The summed E-state index contributed by atoms with van der Waals surface area (Å²) in [4.78, 5) is 0. The fourth-order valence-corrected chi connectivity index (χ4v) is 1.30. The Morgan fingerprint density at radius 2 is 2.50 bits per heavy atom. The molecule has 2 N–H and O–H groups in total. The first-order valence-electron chi connectivity index (χ1n) is 2.64. The van der Waals surface area contributed by atoms with E-state index >= 15 is 0 Å². The van der Waals surface area contributed by atoms with E-state index in [2.05, 4.69) is 16.8 Å². The second-order valence-electron chi connectivity index (χ2n) is 1.67. The Bertz CT molecular complexity index is 134. The number of hydrogen-bond donors (Lipinski definition) is 1. The molecule has 0 fully saturated rings. The van der Waals surface area contributed by atoms with Crippen molar-refractivity contribution in [2.75, 3.05) is 6.54 Å². The van der Waals surface area contributed by atoms with Gasteiger partial charge in [-0.1, -0.05) is 0 Å². The molecular formula is C6H9NS. The monoisotopic (exact) mass is 127 g/mol. The van der Waals surface area contributed by atoms with E-state index in [9.17, 15) is 0 Å². The second kappa shape index (κ2) is 2.84. The molecule has 0 aromatic carbocycles. The first kappa shape index (κ1) is 5.79. The Balaban J connectivity index is 2.50. The molecule has 0 radical (unpaired) electrons. The number of hydrogen-bond acceptors (Lipinski definition) is 2. The van der Waals surface area contributed by atoms with Crippen molar-refractivity contribution >= 4 is 11.3 Å². The van der Waals surface area contributed by atoms with Crippen molar-refractivity contribution in [3.8, 4) is 0 Å². The highest BCUT2D eigenvalue weighted by atomic mass is 32.1. The van der Waals surface area contributed by atoms with Crippen LogP contribution in [0.3, 0.4) is 0 Å². The molecule has 2 heteroatoms. The van der Waals surface area contributed by atoms with Crippen LogP contribution in [0.25, 0.3) is 0 Å². The van der Waals surface area contributed by atoms with Gasteiger partial charge in [-0.15, -0.1) is 0 Å². The van der Waals surface area contributed by atoms with Gasteiger partial charge < -0.3 is 5.73 Å². The minimum absolute atomic E-state index is 0.761. The van der Waals surface area contributed by atoms with E-state index in [1.54, 1.807) is 11.3 Å². The second-order valence-corrected chi connectivity index (χ2v) is 2.45. The molecule has 0 saturated carbocycles. The first-order valence-corrected chi connectivity index (χ1v) is 3.59. The number of thiophene rings is 1. The van der Waals surface area contributed by atoms with Gasteiger partial charge in [-0.3, -0.25) is 0 Å². The summed E-state index contributed by atoms with van der Waals surface area (Å²) in [7, 11) is 0. The fraction of sp³-hybridized carbons (Fsp3) is 0.333. The summed E-state index contributed by atoms with van der Waals surface area (Å²) in [5.41, 5.74) is 6.68. The molecule has 44 valence electrons. The minimum atomic E-state index is 0.761. The number of nitrogens with two attached hydrogens (primary N) is 1. The van der Waals surface area contributed by atoms with Crippen molar-refractivity contribution in [3.63, 3.8) is 0 Å². The lowest BCUT2D eigenvalue weighted by Gasteiger charge is -1.86. The van der Waals surface area contributed by atoms with Crippen LogP contribution < -0.4 is 5.73 Å². The van der Waals surface area contributed by atoms with Crippen LogP contribution in [0.15, 0.2) is 16.8 Å². The summed E-state index contributed by atoms with van der Waals surface area (Å²) >= 11 is 1.72. The highest BCUT2D eigenvalue weighted by Gasteiger charge is 1.86. The first-order chi connectivity index (χ1) is 3.93. The van der Waals surface area contributed by atoms with E-state index < -0.39 is 0 Å². The van der Waals surface area contributed by atoms with Crippen LogP contribution >= 0.6 is 11.3 Å². The van der Waals surface area contributed by atoms with Gasteiger partial charge in [0.15, 0.2) is 0 Å². The Morgan fingerprint density at radius 1 is 1.62 bits per heavy atom. The van der Waals surface area contributed by atoms with Gasteiger partial charge in [-0.2, -0.15) is 11.3 Å². The van der Waals surface area contributed by atoms with Crippen molar-refractivity contribution < 1.29 is 0 Å². The van der Waals surface area contributed by atoms with Gasteiger partial charge in [0.1, 0.15) is 0 Å². The highest BCUT2D eigenvalue weighted by Crippen LogP contribution is 2.04. The molecular weight excluding hydrogens is 118 g/mol.